The summed E-state index contributed by atoms with van der Waals surface area (Å²) in [6.07, 6.45) is 0. The van der Waals surface area contributed by atoms with E-state index in [0.717, 1.165) is 16.9 Å². The maximum absolute atomic E-state index is 5.89. The molecule has 0 aliphatic carbocycles. The van der Waals surface area contributed by atoms with Crippen molar-refractivity contribution in [2.24, 2.45) is 5.73 Å². The molecule has 0 amide bonds. The number of benzene rings is 2. The van der Waals surface area contributed by atoms with E-state index in [0.29, 0.717) is 6.61 Å². The average molecular weight is 257 g/mol. The molecule has 2 rings (SSSR count). The van der Waals surface area contributed by atoms with Crippen molar-refractivity contribution in [2.45, 2.75) is 19.6 Å². The van der Waals surface area contributed by atoms with E-state index in [2.05, 4.69) is 0 Å². The van der Waals surface area contributed by atoms with Gasteiger partial charge < -0.3 is 15.2 Å². The molecule has 0 aliphatic heterocycles. The fraction of sp³-hybridized carbons (Fsp3) is 0.250. The zero-order valence-corrected chi connectivity index (χ0v) is 11.1. The van der Waals surface area contributed by atoms with Gasteiger partial charge in [-0.15, -0.1) is 0 Å². The number of rotatable bonds is 6. The van der Waals surface area contributed by atoms with E-state index in [9.17, 15) is 0 Å². The van der Waals surface area contributed by atoms with Crippen molar-refractivity contribution in [3.63, 3.8) is 0 Å². The maximum Gasteiger partial charge on any atom is 0.189 e. The summed E-state index contributed by atoms with van der Waals surface area (Å²) in [5.74, 6) is 0.783. The standard InChI is InChI=1S/C16H19NO2/c1-13(17)15-9-5-6-10-16(15)19-12-18-11-14-7-3-2-4-8-14/h2-10,13H,11-12,17H2,1H3/t13-/m1/s1. The molecule has 0 radical (unpaired) electrons. The monoisotopic (exact) mass is 257 g/mol. The summed E-state index contributed by atoms with van der Waals surface area (Å²) in [5.41, 5.74) is 8.01. The molecule has 2 aromatic carbocycles. The van der Waals surface area contributed by atoms with Crippen LogP contribution in [-0.4, -0.2) is 6.79 Å². The molecular weight excluding hydrogens is 238 g/mol. The Bertz CT molecular complexity index is 497. The maximum atomic E-state index is 5.89. The molecule has 3 nitrogen and oxygen atoms in total. The van der Waals surface area contributed by atoms with E-state index in [1.807, 2.05) is 61.5 Å². The summed E-state index contributed by atoms with van der Waals surface area (Å²) >= 11 is 0. The van der Waals surface area contributed by atoms with E-state index >= 15 is 0 Å². The Balaban J connectivity index is 1.83. The summed E-state index contributed by atoms with van der Waals surface area (Å²) in [5, 5.41) is 0. The van der Waals surface area contributed by atoms with E-state index in [1.165, 1.54) is 0 Å². The van der Waals surface area contributed by atoms with E-state index < -0.39 is 0 Å². The first-order valence-corrected chi connectivity index (χ1v) is 6.36. The molecule has 2 N–H and O–H groups in total. The van der Waals surface area contributed by atoms with Crippen LogP contribution in [0.2, 0.25) is 0 Å². The van der Waals surface area contributed by atoms with Gasteiger partial charge in [0.1, 0.15) is 5.75 Å². The third-order valence-electron chi connectivity index (χ3n) is 2.82. The van der Waals surface area contributed by atoms with Gasteiger partial charge in [-0.1, -0.05) is 48.5 Å². The zero-order valence-electron chi connectivity index (χ0n) is 11.1. The average Bonchev–Trinajstić information content (AvgIpc) is 2.45. The van der Waals surface area contributed by atoms with E-state index in [4.69, 9.17) is 15.2 Å². The van der Waals surface area contributed by atoms with Gasteiger partial charge in [-0.2, -0.15) is 0 Å². The number of hydrogen-bond acceptors (Lipinski definition) is 3. The largest absolute Gasteiger partial charge is 0.467 e. The highest BCUT2D eigenvalue weighted by atomic mass is 16.7. The molecule has 3 heteroatoms. The molecular formula is C16H19NO2. The molecule has 19 heavy (non-hydrogen) atoms. The highest BCUT2D eigenvalue weighted by molar-refractivity contribution is 5.35. The van der Waals surface area contributed by atoms with Gasteiger partial charge in [0.15, 0.2) is 6.79 Å². The summed E-state index contributed by atoms with van der Waals surface area (Å²) in [7, 11) is 0. The van der Waals surface area contributed by atoms with Gasteiger partial charge in [0.25, 0.3) is 0 Å². The summed E-state index contributed by atoms with van der Waals surface area (Å²) in [6, 6.07) is 17.7. The highest BCUT2D eigenvalue weighted by Crippen LogP contribution is 2.23. The van der Waals surface area contributed by atoms with Crippen molar-refractivity contribution in [3.8, 4) is 5.75 Å². The van der Waals surface area contributed by atoms with Crippen LogP contribution in [0.4, 0.5) is 0 Å². The number of nitrogens with two attached hydrogens (primary N) is 1. The van der Waals surface area contributed by atoms with Crippen LogP contribution >= 0.6 is 0 Å². The smallest absolute Gasteiger partial charge is 0.189 e. The second kappa shape index (κ2) is 6.92. The molecule has 0 saturated carbocycles. The molecule has 100 valence electrons. The predicted molar refractivity (Wildman–Crippen MR) is 75.8 cm³/mol. The first-order valence-electron chi connectivity index (χ1n) is 6.36. The van der Waals surface area contributed by atoms with Crippen molar-refractivity contribution in [2.75, 3.05) is 6.79 Å². The molecule has 1 atom stereocenters. The molecule has 0 bridgehead atoms. The van der Waals surface area contributed by atoms with Crippen LogP contribution in [0.25, 0.3) is 0 Å². The highest BCUT2D eigenvalue weighted by Gasteiger charge is 2.06. The van der Waals surface area contributed by atoms with Crippen LogP contribution in [0, 0.1) is 0 Å². The Morgan fingerprint density at radius 2 is 1.68 bits per heavy atom. The fourth-order valence-electron chi connectivity index (χ4n) is 1.83. The lowest BCUT2D eigenvalue weighted by Gasteiger charge is -2.13. The van der Waals surface area contributed by atoms with Gasteiger partial charge in [0, 0.05) is 11.6 Å². The van der Waals surface area contributed by atoms with Crippen LogP contribution in [-0.2, 0) is 11.3 Å². The summed E-state index contributed by atoms with van der Waals surface area (Å²) in [6.45, 7) is 2.70. The Kier molecular flexibility index (Phi) is 4.95. The molecule has 0 fully saturated rings. The topological polar surface area (TPSA) is 44.5 Å². The van der Waals surface area contributed by atoms with Crippen LogP contribution < -0.4 is 10.5 Å². The quantitative estimate of drug-likeness (QED) is 0.638. The van der Waals surface area contributed by atoms with E-state index in [-0.39, 0.29) is 12.8 Å². The Morgan fingerprint density at radius 1 is 1.00 bits per heavy atom. The molecule has 0 aromatic heterocycles. The van der Waals surface area contributed by atoms with Crippen molar-refractivity contribution in [3.05, 3.63) is 65.7 Å². The van der Waals surface area contributed by atoms with Crippen LogP contribution in [0.3, 0.4) is 0 Å². The molecule has 2 aromatic rings. The second-order valence-corrected chi connectivity index (χ2v) is 4.42. The second-order valence-electron chi connectivity index (χ2n) is 4.42. The van der Waals surface area contributed by atoms with Crippen LogP contribution in [0.5, 0.6) is 5.75 Å². The predicted octanol–water partition coefficient (Wildman–Crippen LogP) is 3.26. The van der Waals surface area contributed by atoms with Gasteiger partial charge in [-0.05, 0) is 18.6 Å². The van der Waals surface area contributed by atoms with Gasteiger partial charge in [-0.3, -0.25) is 0 Å². The van der Waals surface area contributed by atoms with Gasteiger partial charge in [0.2, 0.25) is 0 Å². The number of hydrogen-bond donors (Lipinski definition) is 1. The lowest BCUT2D eigenvalue weighted by molar-refractivity contribution is 0.00441. The summed E-state index contributed by atoms with van der Waals surface area (Å²) < 4.78 is 11.1. The van der Waals surface area contributed by atoms with Crippen molar-refractivity contribution in [1.82, 2.24) is 0 Å². The third-order valence-corrected chi connectivity index (χ3v) is 2.82. The fourth-order valence-corrected chi connectivity index (χ4v) is 1.83. The first-order chi connectivity index (χ1) is 9.27. The van der Waals surface area contributed by atoms with Crippen molar-refractivity contribution in [1.29, 1.82) is 0 Å². The number of ether oxygens (including phenoxy) is 2. The minimum absolute atomic E-state index is 0.0506. The Morgan fingerprint density at radius 3 is 2.42 bits per heavy atom. The van der Waals surface area contributed by atoms with Crippen LogP contribution in [0.1, 0.15) is 24.1 Å². The Hall–Kier alpha value is -1.84. The number of para-hydroxylation sites is 1. The zero-order chi connectivity index (χ0) is 13.5. The van der Waals surface area contributed by atoms with Gasteiger partial charge in [0.05, 0.1) is 6.61 Å². The lowest BCUT2D eigenvalue weighted by Crippen LogP contribution is -2.09. The molecule has 0 spiro atoms. The first kappa shape index (κ1) is 13.6. The summed E-state index contributed by atoms with van der Waals surface area (Å²) in [4.78, 5) is 0. The molecule has 0 heterocycles. The van der Waals surface area contributed by atoms with Gasteiger partial charge >= 0.3 is 0 Å². The minimum atomic E-state index is -0.0506. The minimum Gasteiger partial charge on any atom is -0.467 e. The molecule has 0 unspecified atom stereocenters. The van der Waals surface area contributed by atoms with Crippen molar-refractivity contribution < 1.29 is 9.47 Å². The third kappa shape index (κ3) is 4.09. The lowest BCUT2D eigenvalue weighted by atomic mass is 10.1. The SMILES string of the molecule is C[C@@H](N)c1ccccc1OCOCc1ccccc1. The van der Waals surface area contributed by atoms with Crippen molar-refractivity contribution >= 4 is 0 Å². The molecule has 0 saturated heterocycles. The van der Waals surface area contributed by atoms with E-state index in [1.54, 1.807) is 0 Å². The molecule has 0 aliphatic rings. The van der Waals surface area contributed by atoms with Gasteiger partial charge in [-0.25, -0.2) is 0 Å². The normalized spacial score (nSPS) is 12.1. The van der Waals surface area contributed by atoms with Crippen LogP contribution in [0.15, 0.2) is 54.6 Å². The Labute approximate surface area is 114 Å².